The standard InChI is InChI=1S/C13H8ClF5N2/c14-6-4-21-2-1-5(6)3-7(20)8-9(15)11(17)13(19)12(18)10(8)16/h1-2,4,7H,3,20H2. The lowest BCUT2D eigenvalue weighted by Crippen LogP contribution is -2.20. The molecule has 2 aromatic rings. The van der Waals surface area contributed by atoms with Crippen molar-refractivity contribution in [3.8, 4) is 0 Å². The molecule has 1 atom stereocenters. The van der Waals surface area contributed by atoms with Crippen LogP contribution in [0, 0.1) is 29.1 Å². The van der Waals surface area contributed by atoms with Crippen LogP contribution in [0.25, 0.3) is 0 Å². The first kappa shape index (κ1) is 15.7. The van der Waals surface area contributed by atoms with E-state index >= 15 is 0 Å². The average molecular weight is 323 g/mol. The third-order valence-corrected chi connectivity index (χ3v) is 3.25. The van der Waals surface area contributed by atoms with E-state index in [4.69, 9.17) is 17.3 Å². The molecule has 1 unspecified atom stereocenters. The first-order valence-electron chi connectivity index (χ1n) is 5.69. The summed E-state index contributed by atoms with van der Waals surface area (Å²) in [6, 6.07) is -0.0108. The molecule has 0 aliphatic carbocycles. The van der Waals surface area contributed by atoms with Crippen molar-refractivity contribution < 1.29 is 22.0 Å². The third-order valence-electron chi connectivity index (χ3n) is 2.91. The van der Waals surface area contributed by atoms with Crippen LogP contribution in [0.2, 0.25) is 5.02 Å². The predicted molar refractivity (Wildman–Crippen MR) is 66.1 cm³/mol. The van der Waals surface area contributed by atoms with Gasteiger partial charge in [-0.05, 0) is 18.1 Å². The third kappa shape index (κ3) is 2.84. The second-order valence-corrected chi connectivity index (χ2v) is 4.67. The van der Waals surface area contributed by atoms with Gasteiger partial charge in [-0.25, -0.2) is 22.0 Å². The molecule has 0 fully saturated rings. The summed E-state index contributed by atoms with van der Waals surface area (Å²) in [5, 5.41) is 0.178. The van der Waals surface area contributed by atoms with Crippen molar-refractivity contribution in [2.24, 2.45) is 5.73 Å². The van der Waals surface area contributed by atoms with Gasteiger partial charge in [0.05, 0.1) is 5.02 Å². The molecule has 1 heterocycles. The smallest absolute Gasteiger partial charge is 0.200 e. The Morgan fingerprint density at radius 3 is 2.05 bits per heavy atom. The van der Waals surface area contributed by atoms with Crippen molar-refractivity contribution in [3.63, 3.8) is 0 Å². The lowest BCUT2D eigenvalue weighted by Gasteiger charge is -2.16. The van der Waals surface area contributed by atoms with Crippen LogP contribution in [-0.2, 0) is 6.42 Å². The van der Waals surface area contributed by atoms with Crippen LogP contribution in [0.15, 0.2) is 18.5 Å². The first-order chi connectivity index (χ1) is 9.84. The number of halogens is 6. The SMILES string of the molecule is NC(Cc1ccncc1Cl)c1c(F)c(F)c(F)c(F)c1F. The van der Waals surface area contributed by atoms with E-state index in [0.717, 1.165) is 0 Å². The highest BCUT2D eigenvalue weighted by atomic mass is 35.5. The minimum Gasteiger partial charge on any atom is -0.323 e. The molecule has 112 valence electrons. The van der Waals surface area contributed by atoms with Gasteiger partial charge in [-0.15, -0.1) is 0 Å². The molecule has 0 aliphatic rings. The molecule has 8 heteroatoms. The molecule has 0 amide bonds. The molecule has 1 aromatic heterocycles. The molecular formula is C13H8ClF5N2. The molecule has 2 rings (SSSR count). The lowest BCUT2D eigenvalue weighted by atomic mass is 9.98. The van der Waals surface area contributed by atoms with Crippen molar-refractivity contribution in [2.45, 2.75) is 12.5 Å². The largest absolute Gasteiger partial charge is 0.323 e. The van der Waals surface area contributed by atoms with Crippen molar-refractivity contribution in [1.29, 1.82) is 0 Å². The Labute approximate surface area is 121 Å². The Morgan fingerprint density at radius 1 is 1.00 bits per heavy atom. The Morgan fingerprint density at radius 2 is 1.52 bits per heavy atom. The van der Waals surface area contributed by atoms with Gasteiger partial charge in [0.15, 0.2) is 23.3 Å². The minimum absolute atomic E-state index is 0.178. The van der Waals surface area contributed by atoms with Gasteiger partial charge >= 0.3 is 0 Å². The van der Waals surface area contributed by atoms with Gasteiger partial charge in [-0.3, -0.25) is 4.98 Å². The van der Waals surface area contributed by atoms with Crippen molar-refractivity contribution in [2.75, 3.05) is 0 Å². The fourth-order valence-electron chi connectivity index (χ4n) is 1.86. The number of pyridine rings is 1. The highest BCUT2D eigenvalue weighted by Crippen LogP contribution is 2.29. The summed E-state index contributed by atoms with van der Waals surface area (Å²) in [7, 11) is 0. The van der Waals surface area contributed by atoms with Gasteiger partial charge in [0.25, 0.3) is 0 Å². The number of aromatic nitrogens is 1. The molecule has 2 nitrogen and oxygen atoms in total. The number of hydrogen-bond acceptors (Lipinski definition) is 2. The molecule has 0 saturated carbocycles. The summed E-state index contributed by atoms with van der Waals surface area (Å²) in [5.74, 6) is -10.2. The number of nitrogens with zero attached hydrogens (tertiary/aromatic N) is 1. The Hall–Kier alpha value is -1.73. The molecule has 1 aromatic carbocycles. The number of nitrogens with two attached hydrogens (primary N) is 1. The summed E-state index contributed by atoms with van der Waals surface area (Å²) >= 11 is 5.81. The maximum absolute atomic E-state index is 13.6. The van der Waals surface area contributed by atoms with Gasteiger partial charge in [0, 0.05) is 24.0 Å². The van der Waals surface area contributed by atoms with Crippen LogP contribution >= 0.6 is 11.6 Å². The van der Waals surface area contributed by atoms with Crippen molar-refractivity contribution in [1.82, 2.24) is 4.98 Å². The summed E-state index contributed by atoms with van der Waals surface area (Å²) in [6.45, 7) is 0. The van der Waals surface area contributed by atoms with Gasteiger partial charge < -0.3 is 5.73 Å². The monoisotopic (exact) mass is 322 g/mol. The molecule has 0 bridgehead atoms. The predicted octanol–water partition coefficient (Wildman–Crippen LogP) is 3.67. The zero-order valence-electron chi connectivity index (χ0n) is 10.3. The van der Waals surface area contributed by atoms with E-state index in [1.165, 1.54) is 18.5 Å². The molecule has 0 radical (unpaired) electrons. The Kier molecular flexibility index (Phi) is 4.43. The normalized spacial score (nSPS) is 12.5. The van der Waals surface area contributed by atoms with E-state index in [1.54, 1.807) is 0 Å². The van der Waals surface area contributed by atoms with Gasteiger partial charge in [-0.1, -0.05) is 11.6 Å². The molecule has 0 aliphatic heterocycles. The number of rotatable bonds is 3. The lowest BCUT2D eigenvalue weighted by molar-refractivity contribution is 0.363. The first-order valence-corrected chi connectivity index (χ1v) is 6.07. The van der Waals surface area contributed by atoms with Crippen LogP contribution in [0.3, 0.4) is 0 Å². The second kappa shape index (κ2) is 5.95. The summed E-state index contributed by atoms with van der Waals surface area (Å²) in [4.78, 5) is 3.71. The van der Waals surface area contributed by atoms with E-state index in [1.807, 2.05) is 0 Å². The van der Waals surface area contributed by atoms with Crippen molar-refractivity contribution in [3.05, 3.63) is 63.7 Å². The van der Waals surface area contributed by atoms with E-state index in [0.29, 0.717) is 5.56 Å². The number of benzene rings is 1. The highest BCUT2D eigenvalue weighted by molar-refractivity contribution is 6.31. The van der Waals surface area contributed by atoms with Gasteiger partial charge in [0.2, 0.25) is 5.82 Å². The Balaban J connectivity index is 2.45. The van der Waals surface area contributed by atoms with Crippen LogP contribution in [0.4, 0.5) is 22.0 Å². The zero-order valence-corrected chi connectivity index (χ0v) is 11.1. The second-order valence-electron chi connectivity index (χ2n) is 4.26. The maximum atomic E-state index is 13.6. The van der Waals surface area contributed by atoms with E-state index in [9.17, 15) is 22.0 Å². The Bertz CT molecular complexity index is 663. The summed E-state index contributed by atoms with van der Waals surface area (Å²) in [6.07, 6.45) is 2.44. The molecule has 0 saturated heterocycles. The van der Waals surface area contributed by atoms with Crippen molar-refractivity contribution >= 4 is 11.6 Å². The minimum atomic E-state index is -2.22. The van der Waals surface area contributed by atoms with E-state index in [-0.39, 0.29) is 11.4 Å². The highest BCUT2D eigenvalue weighted by Gasteiger charge is 2.29. The van der Waals surface area contributed by atoms with Crippen LogP contribution in [0.5, 0.6) is 0 Å². The van der Waals surface area contributed by atoms with Crippen LogP contribution < -0.4 is 5.73 Å². The number of hydrogen-bond donors (Lipinski definition) is 1. The quantitative estimate of drug-likeness (QED) is 0.532. The maximum Gasteiger partial charge on any atom is 0.200 e. The van der Waals surface area contributed by atoms with Gasteiger partial charge in [0.1, 0.15) is 0 Å². The average Bonchev–Trinajstić information content (AvgIpc) is 2.46. The van der Waals surface area contributed by atoms with Crippen LogP contribution in [0.1, 0.15) is 17.2 Å². The summed E-state index contributed by atoms with van der Waals surface area (Å²) in [5.41, 5.74) is 4.88. The van der Waals surface area contributed by atoms with Gasteiger partial charge in [-0.2, -0.15) is 0 Å². The molecular weight excluding hydrogens is 315 g/mol. The molecule has 21 heavy (non-hydrogen) atoms. The van der Waals surface area contributed by atoms with Crippen LogP contribution in [-0.4, -0.2) is 4.98 Å². The fourth-order valence-corrected chi connectivity index (χ4v) is 2.05. The molecule has 2 N–H and O–H groups in total. The van der Waals surface area contributed by atoms with E-state index < -0.39 is 40.7 Å². The fraction of sp³-hybridized carbons (Fsp3) is 0.154. The van der Waals surface area contributed by atoms with E-state index in [2.05, 4.69) is 4.98 Å². The summed E-state index contributed by atoms with van der Waals surface area (Å²) < 4.78 is 66.4. The molecule has 0 spiro atoms. The zero-order chi connectivity index (χ0) is 15.7. The topological polar surface area (TPSA) is 38.9 Å².